The first-order chi connectivity index (χ1) is 46.1. The molecule has 0 spiro atoms. The second-order valence-electron chi connectivity index (χ2n) is 26.3. The predicted octanol–water partition coefficient (Wildman–Crippen LogP) is 14.5. The molecule has 0 aromatic heterocycles. The molecular weight excluding hydrogens is 1230 g/mol. The molecule has 562 valence electrons. The van der Waals surface area contributed by atoms with Gasteiger partial charge in [0, 0.05) is 58.0 Å². The summed E-state index contributed by atoms with van der Waals surface area (Å²) in [5.41, 5.74) is 0. The number of carbonyl (C=O) groups is 10. The third kappa shape index (κ3) is 64.6. The Kier molecular flexibility index (Phi) is 68.7. The van der Waals surface area contributed by atoms with E-state index in [4.69, 9.17) is 25.5 Å². The van der Waals surface area contributed by atoms with Gasteiger partial charge in [0.15, 0.2) is 0 Å². The Labute approximate surface area is 579 Å². The van der Waals surface area contributed by atoms with Gasteiger partial charge in [0.05, 0.1) is 12.2 Å². The van der Waals surface area contributed by atoms with Gasteiger partial charge >= 0.3 is 29.8 Å². The van der Waals surface area contributed by atoms with Crippen molar-refractivity contribution in [1.82, 2.24) is 25.8 Å². The molecule has 4 atom stereocenters. The third-order valence-electron chi connectivity index (χ3n) is 17.1. The van der Waals surface area contributed by atoms with Crippen LogP contribution in [-0.4, -0.2) is 162 Å². The fourth-order valence-electron chi connectivity index (χ4n) is 11.3. The molecule has 2 rings (SSSR count). The molecule has 0 aliphatic carbocycles. The van der Waals surface area contributed by atoms with Gasteiger partial charge in [-0.25, -0.2) is 9.59 Å². The van der Waals surface area contributed by atoms with Gasteiger partial charge in [-0.3, -0.25) is 38.4 Å². The number of likely N-dealkylation sites (tertiary alicyclic amines) is 2. The van der Waals surface area contributed by atoms with Crippen LogP contribution in [0, 0.1) is 0 Å². The molecule has 10 N–H and O–H groups in total. The molecule has 2 heterocycles. The molecule has 2 aliphatic rings. The molecule has 0 saturated carbocycles. The topological polar surface area (TPSA) is 355 Å². The number of β-amino-alcohol motifs (C(OH)–C–C–N with tert-alkyl or cyclic N) is 2. The maximum Gasteiger partial charge on any atom is 0.326 e. The fourth-order valence-corrected chi connectivity index (χ4v) is 11.3. The Morgan fingerprint density at radius 2 is 0.458 bits per heavy atom. The van der Waals surface area contributed by atoms with E-state index in [-0.39, 0.29) is 75.1 Å². The summed E-state index contributed by atoms with van der Waals surface area (Å²) in [6.45, 7) is 10.5. The minimum Gasteiger partial charge on any atom is -0.480 e. The number of hydrogen-bond acceptors (Lipinski definition) is 12. The Morgan fingerprint density at radius 1 is 0.281 bits per heavy atom. The largest absolute Gasteiger partial charge is 0.480 e. The normalized spacial score (nSPS) is 15.3. The highest BCUT2D eigenvalue weighted by Gasteiger charge is 2.39. The van der Waals surface area contributed by atoms with Crippen LogP contribution in [0.1, 0.15) is 356 Å². The van der Waals surface area contributed by atoms with Crippen molar-refractivity contribution in [3.63, 3.8) is 0 Å². The van der Waals surface area contributed by atoms with Crippen molar-refractivity contribution in [2.75, 3.05) is 32.7 Å². The summed E-state index contributed by atoms with van der Waals surface area (Å²) in [5, 5.41) is 69.3. The van der Waals surface area contributed by atoms with Crippen molar-refractivity contribution in [3.05, 3.63) is 0 Å². The number of aliphatic carboxylic acids is 5. The Hall–Kier alpha value is -5.38. The number of carboxylic acid groups (broad SMARTS) is 5. The van der Waals surface area contributed by atoms with E-state index in [0.29, 0.717) is 32.1 Å². The van der Waals surface area contributed by atoms with Gasteiger partial charge in [0.2, 0.25) is 29.5 Å². The number of nitrogens with one attached hydrogen (secondary N) is 3. The number of rotatable bonds is 56. The van der Waals surface area contributed by atoms with Crippen LogP contribution in [0.4, 0.5) is 0 Å². The molecule has 5 amide bonds. The molecule has 2 saturated heterocycles. The van der Waals surface area contributed by atoms with Crippen LogP contribution in [0.15, 0.2) is 0 Å². The summed E-state index contributed by atoms with van der Waals surface area (Å²) in [4.78, 5) is 113. The highest BCUT2D eigenvalue weighted by atomic mass is 16.4. The third-order valence-corrected chi connectivity index (χ3v) is 17.1. The minimum atomic E-state index is -1.02. The standard InChI is InChI=1S/C18H35NO3.C17H31NO4.C16H31NO3.C13H23NO4.C10H19NO3/c1-2-3-4-5-6-7-8-9-10-11-12-13-14-15-17(20)19-16-18(21)22;1-2-3-4-5-6-7-8-9-10-11-16(20)18-13-14(19)12-15(18)17(21)22;1-2-3-4-5-6-7-8-9-10-11-12-13-15(18)17-14-16(19)20;1-2-3-4-5-6-7-12(16)14-9-10(15)8-11(14)13(17)18;1-2-3-4-5-6-7-9(12)11-8-10(13)14/h2-16H2,1H3,(H,19,20)(H,21,22);14-15,19H,2-13H2,1H3,(H,21,22);2-14H2,1H3,(H,17,18)(H,19,20);10-11,15H,2-9H2,1H3,(H,17,18);2-8H2,1H3,(H,11,12)(H,13,14)/t;14-,15+;;10-,11+;/m.1.1./s1. The van der Waals surface area contributed by atoms with Crippen LogP contribution in [-0.2, 0) is 47.9 Å². The summed E-state index contributed by atoms with van der Waals surface area (Å²) >= 11 is 0. The van der Waals surface area contributed by atoms with Crippen molar-refractivity contribution in [2.24, 2.45) is 0 Å². The smallest absolute Gasteiger partial charge is 0.326 e. The summed E-state index contributed by atoms with van der Waals surface area (Å²) < 4.78 is 0. The summed E-state index contributed by atoms with van der Waals surface area (Å²) in [6.07, 6.45) is 52.9. The van der Waals surface area contributed by atoms with E-state index in [0.717, 1.165) is 89.9 Å². The zero-order valence-electron chi connectivity index (χ0n) is 60.8. The highest BCUT2D eigenvalue weighted by Crippen LogP contribution is 2.23. The van der Waals surface area contributed by atoms with E-state index in [2.05, 4.69) is 50.6 Å². The Balaban J connectivity index is -0.00000113. The van der Waals surface area contributed by atoms with E-state index >= 15 is 0 Å². The second-order valence-corrected chi connectivity index (χ2v) is 26.3. The van der Waals surface area contributed by atoms with E-state index in [9.17, 15) is 58.2 Å². The van der Waals surface area contributed by atoms with Crippen molar-refractivity contribution in [1.29, 1.82) is 0 Å². The van der Waals surface area contributed by atoms with Gasteiger partial charge in [0.1, 0.15) is 31.7 Å². The lowest BCUT2D eigenvalue weighted by molar-refractivity contribution is -0.148. The average Bonchev–Trinajstić information content (AvgIpc) is 1.72. The Bertz CT molecular complexity index is 1980. The molecule has 22 nitrogen and oxygen atoms in total. The predicted molar refractivity (Wildman–Crippen MR) is 379 cm³/mol. The first-order valence-corrected chi connectivity index (χ1v) is 38.0. The van der Waals surface area contributed by atoms with Gasteiger partial charge in [0.25, 0.3) is 0 Å². The van der Waals surface area contributed by atoms with Crippen LogP contribution in [0.3, 0.4) is 0 Å². The quantitative estimate of drug-likeness (QED) is 0.0253. The van der Waals surface area contributed by atoms with Crippen LogP contribution < -0.4 is 16.0 Å². The molecule has 2 aliphatic heterocycles. The molecule has 0 unspecified atom stereocenters. The summed E-state index contributed by atoms with van der Waals surface area (Å²) in [5.74, 6) is -5.75. The van der Waals surface area contributed by atoms with E-state index in [1.54, 1.807) is 0 Å². The van der Waals surface area contributed by atoms with Crippen molar-refractivity contribution in [2.45, 2.75) is 380 Å². The molecular formula is C74H139N5O17. The van der Waals surface area contributed by atoms with Crippen LogP contribution in [0.25, 0.3) is 0 Å². The molecule has 0 aromatic rings. The van der Waals surface area contributed by atoms with Crippen LogP contribution in [0.2, 0.25) is 0 Å². The summed E-state index contributed by atoms with van der Waals surface area (Å²) in [6, 6.07) is -1.69. The van der Waals surface area contributed by atoms with Crippen molar-refractivity contribution in [3.8, 4) is 0 Å². The first kappa shape index (κ1) is 94.8. The Morgan fingerprint density at radius 3 is 0.635 bits per heavy atom. The van der Waals surface area contributed by atoms with Gasteiger partial charge in [-0.1, -0.05) is 279 Å². The molecule has 0 aromatic carbocycles. The minimum absolute atomic E-state index is 0.133. The number of carboxylic acids is 5. The number of hydrogen-bond donors (Lipinski definition) is 10. The molecule has 0 bridgehead atoms. The maximum absolute atomic E-state index is 12.1. The number of unbranched alkanes of at least 4 members (excludes halogenated alkanes) is 38. The number of amides is 5. The molecule has 22 heteroatoms. The van der Waals surface area contributed by atoms with Crippen molar-refractivity contribution >= 4 is 59.4 Å². The maximum atomic E-state index is 12.1. The summed E-state index contributed by atoms with van der Waals surface area (Å²) in [7, 11) is 0. The number of aliphatic hydroxyl groups excluding tert-OH is 2. The fraction of sp³-hybridized carbons (Fsp3) is 0.865. The molecule has 0 radical (unpaired) electrons. The number of nitrogens with zero attached hydrogens (tertiary/aromatic N) is 2. The SMILES string of the molecule is CCCCCCCC(=O)N1C[C@H](O)C[C@H]1C(=O)O.CCCCCCCC(=O)NCC(=O)O.CCCCCCCCCCCC(=O)N1C[C@H](O)C[C@H]1C(=O)O.CCCCCCCCCCCCCC(=O)NCC(=O)O.CCCCCCCCCCCCCCCC(=O)NCC(=O)O. The lowest BCUT2D eigenvalue weighted by Gasteiger charge is -2.21. The highest BCUT2D eigenvalue weighted by molar-refractivity contribution is 5.85. The van der Waals surface area contributed by atoms with Crippen LogP contribution >= 0.6 is 0 Å². The van der Waals surface area contributed by atoms with E-state index in [1.807, 2.05) is 0 Å². The van der Waals surface area contributed by atoms with Crippen molar-refractivity contribution < 1.29 is 83.7 Å². The lowest BCUT2D eigenvalue weighted by atomic mass is 10.0. The number of carbonyl (C=O) groups excluding carboxylic acids is 5. The van der Waals surface area contributed by atoms with Gasteiger partial charge < -0.3 is 61.5 Å². The van der Waals surface area contributed by atoms with E-state index < -0.39 is 54.1 Å². The van der Waals surface area contributed by atoms with Gasteiger partial charge in [-0.15, -0.1) is 0 Å². The number of aliphatic hydroxyl groups is 2. The zero-order chi connectivity index (χ0) is 72.2. The monoisotopic (exact) mass is 1370 g/mol. The first-order valence-electron chi connectivity index (χ1n) is 38.0. The average molecular weight is 1370 g/mol. The second kappa shape index (κ2) is 69.5. The lowest BCUT2D eigenvalue weighted by Crippen LogP contribution is -2.40. The van der Waals surface area contributed by atoms with Crippen LogP contribution in [0.5, 0.6) is 0 Å². The zero-order valence-corrected chi connectivity index (χ0v) is 60.8. The van der Waals surface area contributed by atoms with Gasteiger partial charge in [-0.05, 0) is 32.1 Å². The molecule has 96 heavy (non-hydrogen) atoms. The van der Waals surface area contributed by atoms with E-state index in [1.165, 1.54) is 196 Å². The van der Waals surface area contributed by atoms with Gasteiger partial charge in [-0.2, -0.15) is 0 Å². The molecule has 2 fully saturated rings.